The van der Waals surface area contributed by atoms with Crippen molar-refractivity contribution in [3.8, 4) is 0 Å². The van der Waals surface area contributed by atoms with Crippen LogP contribution in [0.1, 0.15) is 30.1 Å². The molecule has 20 heavy (non-hydrogen) atoms. The molecule has 1 unspecified atom stereocenters. The van der Waals surface area contributed by atoms with E-state index >= 15 is 0 Å². The number of carbonyl (C=O) groups is 1. The molecule has 0 saturated carbocycles. The van der Waals surface area contributed by atoms with Crippen LogP contribution in [0.15, 0.2) is 5.03 Å². The second-order valence-corrected chi connectivity index (χ2v) is 7.49. The number of fused-ring (bicyclic) bond motifs is 1. The molecule has 0 aliphatic heterocycles. The summed E-state index contributed by atoms with van der Waals surface area (Å²) in [6.07, 6.45) is 0. The normalized spacial score (nSPS) is 13.1. The van der Waals surface area contributed by atoms with Gasteiger partial charge in [-0.3, -0.25) is 4.79 Å². The summed E-state index contributed by atoms with van der Waals surface area (Å²) >= 11 is 2.97. The van der Waals surface area contributed by atoms with Gasteiger partial charge in [0.05, 0.1) is 0 Å². The molecular formula is C14H18N2O2S2. The van der Waals surface area contributed by atoms with Crippen LogP contribution in [0, 0.1) is 26.7 Å². The lowest BCUT2D eigenvalue weighted by Gasteiger charge is -2.16. The second kappa shape index (κ2) is 5.69. The van der Waals surface area contributed by atoms with E-state index in [-0.39, 0.29) is 5.92 Å². The summed E-state index contributed by atoms with van der Waals surface area (Å²) in [4.78, 5) is 22.5. The van der Waals surface area contributed by atoms with E-state index in [1.54, 1.807) is 11.3 Å². The molecule has 108 valence electrons. The Labute approximate surface area is 126 Å². The highest BCUT2D eigenvalue weighted by Crippen LogP contribution is 2.37. The molecule has 1 atom stereocenters. The van der Waals surface area contributed by atoms with Gasteiger partial charge in [0.1, 0.15) is 20.9 Å². The molecule has 0 bridgehead atoms. The Morgan fingerprint density at radius 1 is 1.25 bits per heavy atom. The predicted octanol–water partition coefficient (Wildman–Crippen LogP) is 3.82. The second-order valence-electron chi connectivity index (χ2n) is 5.16. The number of carboxylic acid groups (broad SMARTS) is 1. The van der Waals surface area contributed by atoms with E-state index in [0.717, 1.165) is 20.8 Å². The van der Waals surface area contributed by atoms with Gasteiger partial charge in [-0.15, -0.1) is 11.3 Å². The van der Waals surface area contributed by atoms with Gasteiger partial charge in [0.25, 0.3) is 0 Å². The number of aromatic nitrogens is 2. The van der Waals surface area contributed by atoms with E-state index in [1.165, 1.54) is 16.6 Å². The highest BCUT2D eigenvalue weighted by atomic mass is 32.2. The maximum atomic E-state index is 11.4. The fourth-order valence-corrected chi connectivity index (χ4v) is 4.30. The van der Waals surface area contributed by atoms with Crippen molar-refractivity contribution in [1.82, 2.24) is 9.97 Å². The molecule has 2 heterocycles. The van der Waals surface area contributed by atoms with Gasteiger partial charge in [0.2, 0.25) is 0 Å². The molecular weight excluding hydrogens is 292 g/mol. The molecule has 0 spiro atoms. The van der Waals surface area contributed by atoms with Gasteiger partial charge >= 0.3 is 5.97 Å². The minimum absolute atomic E-state index is 0.0443. The van der Waals surface area contributed by atoms with E-state index in [4.69, 9.17) is 0 Å². The van der Waals surface area contributed by atoms with Crippen LogP contribution in [-0.2, 0) is 4.79 Å². The van der Waals surface area contributed by atoms with Gasteiger partial charge in [-0.1, -0.05) is 25.6 Å². The van der Waals surface area contributed by atoms with Gasteiger partial charge in [-0.2, -0.15) is 0 Å². The molecule has 0 radical (unpaired) electrons. The van der Waals surface area contributed by atoms with Crippen LogP contribution in [0.2, 0.25) is 0 Å². The molecule has 0 fully saturated rings. The van der Waals surface area contributed by atoms with Crippen LogP contribution in [0.25, 0.3) is 10.2 Å². The zero-order chi connectivity index (χ0) is 15.0. The van der Waals surface area contributed by atoms with Crippen LogP contribution >= 0.6 is 23.1 Å². The van der Waals surface area contributed by atoms with Gasteiger partial charge in [0.15, 0.2) is 0 Å². The minimum atomic E-state index is -0.793. The third kappa shape index (κ3) is 2.81. The molecule has 4 nitrogen and oxygen atoms in total. The van der Waals surface area contributed by atoms with Crippen molar-refractivity contribution >= 4 is 39.3 Å². The number of carboxylic acids is 1. The molecule has 0 aliphatic rings. The Morgan fingerprint density at radius 3 is 2.45 bits per heavy atom. The Morgan fingerprint density at radius 2 is 1.90 bits per heavy atom. The number of nitrogens with zero attached hydrogens (tertiary/aromatic N) is 2. The van der Waals surface area contributed by atoms with Crippen molar-refractivity contribution in [3.63, 3.8) is 0 Å². The molecule has 0 aromatic carbocycles. The number of rotatable bonds is 4. The SMILES string of the molecule is Cc1nc(SC(C(=O)O)C(C)C)c2c(C)c(C)sc2n1. The largest absolute Gasteiger partial charge is 0.480 e. The van der Waals surface area contributed by atoms with Crippen molar-refractivity contribution in [2.24, 2.45) is 5.92 Å². The van der Waals surface area contributed by atoms with Crippen LogP contribution in [0.4, 0.5) is 0 Å². The molecule has 2 aromatic heterocycles. The lowest BCUT2D eigenvalue weighted by atomic mass is 10.1. The standard InChI is InChI=1S/C14H18N2O2S2/c1-6(2)11(14(17)18)20-13-10-7(3)8(4)19-12(10)15-9(5)16-13/h6,11H,1-5H3,(H,17,18). The van der Waals surface area contributed by atoms with Gasteiger partial charge in [-0.05, 0) is 32.3 Å². The quantitative estimate of drug-likeness (QED) is 0.687. The first-order valence-corrected chi connectivity index (χ1v) is 8.14. The summed E-state index contributed by atoms with van der Waals surface area (Å²) in [5.41, 5.74) is 1.15. The summed E-state index contributed by atoms with van der Waals surface area (Å²) in [6.45, 7) is 9.79. The fourth-order valence-electron chi connectivity index (χ4n) is 1.99. The first kappa shape index (κ1) is 15.3. The van der Waals surface area contributed by atoms with Crippen molar-refractivity contribution in [3.05, 3.63) is 16.3 Å². The Hall–Kier alpha value is -1.14. The highest BCUT2D eigenvalue weighted by molar-refractivity contribution is 8.00. The average molecular weight is 310 g/mol. The topological polar surface area (TPSA) is 63.1 Å². The number of aryl methyl sites for hydroxylation is 3. The first-order chi connectivity index (χ1) is 9.31. The number of aliphatic carboxylic acids is 1. The zero-order valence-electron chi connectivity index (χ0n) is 12.2. The van der Waals surface area contributed by atoms with Crippen LogP contribution in [0.5, 0.6) is 0 Å². The molecule has 2 aromatic rings. The van der Waals surface area contributed by atoms with Crippen molar-refractivity contribution in [2.75, 3.05) is 0 Å². The van der Waals surface area contributed by atoms with Crippen LogP contribution < -0.4 is 0 Å². The first-order valence-electron chi connectivity index (χ1n) is 6.45. The smallest absolute Gasteiger partial charge is 0.317 e. The van der Waals surface area contributed by atoms with Gasteiger partial charge in [-0.25, -0.2) is 9.97 Å². The summed E-state index contributed by atoms with van der Waals surface area (Å²) < 4.78 is 0. The van der Waals surface area contributed by atoms with Crippen molar-refractivity contribution in [1.29, 1.82) is 0 Å². The zero-order valence-corrected chi connectivity index (χ0v) is 13.9. The third-order valence-electron chi connectivity index (χ3n) is 3.19. The molecule has 1 N–H and O–H groups in total. The predicted molar refractivity (Wildman–Crippen MR) is 83.7 cm³/mol. The molecule has 0 amide bonds. The van der Waals surface area contributed by atoms with Gasteiger partial charge < -0.3 is 5.11 Å². The monoisotopic (exact) mass is 310 g/mol. The number of thiophene rings is 1. The molecule has 0 saturated heterocycles. The average Bonchev–Trinajstić information content (AvgIpc) is 2.60. The maximum Gasteiger partial charge on any atom is 0.317 e. The Bertz CT molecular complexity index is 665. The highest BCUT2D eigenvalue weighted by Gasteiger charge is 2.25. The summed E-state index contributed by atoms with van der Waals surface area (Å²) in [5.74, 6) is -0.0592. The maximum absolute atomic E-state index is 11.4. The van der Waals surface area contributed by atoms with E-state index in [2.05, 4.69) is 16.9 Å². The van der Waals surface area contributed by atoms with E-state index in [1.807, 2.05) is 27.7 Å². The van der Waals surface area contributed by atoms with E-state index in [9.17, 15) is 9.90 Å². The van der Waals surface area contributed by atoms with E-state index in [0.29, 0.717) is 5.82 Å². The summed E-state index contributed by atoms with van der Waals surface area (Å²) in [7, 11) is 0. The van der Waals surface area contributed by atoms with Gasteiger partial charge in [0, 0.05) is 10.3 Å². The van der Waals surface area contributed by atoms with Crippen LogP contribution in [-0.4, -0.2) is 26.3 Å². The lowest BCUT2D eigenvalue weighted by Crippen LogP contribution is -2.22. The van der Waals surface area contributed by atoms with Crippen molar-refractivity contribution < 1.29 is 9.90 Å². The molecule has 6 heteroatoms. The van der Waals surface area contributed by atoms with E-state index < -0.39 is 11.2 Å². The molecule has 0 aliphatic carbocycles. The minimum Gasteiger partial charge on any atom is -0.480 e. The summed E-state index contributed by atoms with van der Waals surface area (Å²) in [6, 6.07) is 0. The number of hydrogen-bond donors (Lipinski definition) is 1. The number of thioether (sulfide) groups is 1. The summed E-state index contributed by atoms with van der Waals surface area (Å²) in [5, 5.41) is 10.7. The molecule has 2 rings (SSSR count). The third-order valence-corrected chi connectivity index (χ3v) is 5.81. The fraction of sp³-hybridized carbons (Fsp3) is 0.500. The lowest BCUT2D eigenvalue weighted by molar-refractivity contribution is -0.137. The Balaban J connectivity index is 2.55. The Kier molecular flexibility index (Phi) is 4.34. The van der Waals surface area contributed by atoms with Crippen molar-refractivity contribution in [2.45, 2.75) is 44.9 Å². The van der Waals surface area contributed by atoms with Crippen LogP contribution in [0.3, 0.4) is 0 Å². The number of hydrogen-bond acceptors (Lipinski definition) is 5.